The SMILES string of the molecule is Cc1cccc(CN2C(=O)C(C)NC(=O)C2CC(C)C)n1. The van der Waals surface area contributed by atoms with Crippen LogP contribution in [0.25, 0.3) is 0 Å². The number of aryl methyl sites for hydroxylation is 1. The summed E-state index contributed by atoms with van der Waals surface area (Å²) in [5.74, 6) is 0.238. The Labute approximate surface area is 125 Å². The molecule has 1 aliphatic heterocycles. The smallest absolute Gasteiger partial charge is 0.245 e. The van der Waals surface area contributed by atoms with Gasteiger partial charge in [0.1, 0.15) is 12.1 Å². The Hall–Kier alpha value is -1.91. The molecule has 2 unspecified atom stereocenters. The molecular weight excluding hydrogens is 266 g/mol. The summed E-state index contributed by atoms with van der Waals surface area (Å²) in [6.45, 7) is 8.14. The highest BCUT2D eigenvalue weighted by atomic mass is 16.2. The van der Waals surface area contributed by atoms with Crippen molar-refractivity contribution in [2.75, 3.05) is 0 Å². The Balaban J connectivity index is 2.25. The first-order valence-corrected chi connectivity index (χ1v) is 7.42. The molecule has 0 aromatic carbocycles. The van der Waals surface area contributed by atoms with Crippen molar-refractivity contribution in [3.8, 4) is 0 Å². The third kappa shape index (κ3) is 3.60. The first-order chi connectivity index (χ1) is 9.88. The van der Waals surface area contributed by atoms with Gasteiger partial charge in [-0.1, -0.05) is 19.9 Å². The molecule has 2 rings (SSSR count). The van der Waals surface area contributed by atoms with Crippen LogP contribution in [-0.2, 0) is 16.1 Å². The summed E-state index contributed by atoms with van der Waals surface area (Å²) in [5, 5.41) is 2.76. The summed E-state index contributed by atoms with van der Waals surface area (Å²) in [7, 11) is 0. The normalized spacial score (nSPS) is 22.6. The van der Waals surface area contributed by atoms with Gasteiger partial charge in [-0.25, -0.2) is 0 Å². The van der Waals surface area contributed by atoms with Crippen LogP contribution in [0.4, 0.5) is 0 Å². The van der Waals surface area contributed by atoms with Gasteiger partial charge < -0.3 is 10.2 Å². The van der Waals surface area contributed by atoms with E-state index in [9.17, 15) is 9.59 Å². The van der Waals surface area contributed by atoms with Gasteiger partial charge in [-0.15, -0.1) is 0 Å². The average molecular weight is 289 g/mol. The quantitative estimate of drug-likeness (QED) is 0.917. The summed E-state index contributed by atoms with van der Waals surface area (Å²) in [6.07, 6.45) is 0.663. The lowest BCUT2D eigenvalue weighted by atomic mass is 9.98. The molecule has 0 radical (unpaired) electrons. The Kier molecular flexibility index (Phi) is 4.60. The zero-order valence-corrected chi connectivity index (χ0v) is 13.1. The molecule has 2 heterocycles. The van der Waals surface area contributed by atoms with Crippen molar-refractivity contribution >= 4 is 11.8 Å². The predicted octanol–water partition coefficient (Wildman–Crippen LogP) is 1.65. The Morgan fingerprint density at radius 1 is 1.33 bits per heavy atom. The number of piperazine rings is 1. The highest BCUT2D eigenvalue weighted by molar-refractivity contribution is 5.96. The third-order valence-electron chi connectivity index (χ3n) is 3.66. The van der Waals surface area contributed by atoms with Crippen LogP contribution in [0, 0.1) is 12.8 Å². The first kappa shape index (κ1) is 15.5. The zero-order chi connectivity index (χ0) is 15.6. The maximum atomic E-state index is 12.4. The first-order valence-electron chi connectivity index (χ1n) is 7.42. The lowest BCUT2D eigenvalue weighted by Crippen LogP contribution is -2.62. The molecule has 1 N–H and O–H groups in total. The molecule has 114 valence electrons. The van der Waals surface area contributed by atoms with Gasteiger partial charge in [0.15, 0.2) is 0 Å². The fourth-order valence-corrected chi connectivity index (χ4v) is 2.65. The summed E-state index contributed by atoms with van der Waals surface area (Å²) in [5.41, 5.74) is 1.73. The van der Waals surface area contributed by atoms with Gasteiger partial charge in [0.25, 0.3) is 0 Å². The van der Waals surface area contributed by atoms with E-state index < -0.39 is 12.1 Å². The topological polar surface area (TPSA) is 62.3 Å². The van der Waals surface area contributed by atoms with Crippen molar-refractivity contribution in [1.29, 1.82) is 0 Å². The number of hydrogen-bond donors (Lipinski definition) is 1. The minimum atomic E-state index is -0.467. The highest BCUT2D eigenvalue weighted by Crippen LogP contribution is 2.19. The number of nitrogens with zero attached hydrogens (tertiary/aromatic N) is 2. The van der Waals surface area contributed by atoms with Crippen molar-refractivity contribution < 1.29 is 9.59 Å². The Bertz CT molecular complexity index is 542. The van der Waals surface area contributed by atoms with Crippen LogP contribution in [0.3, 0.4) is 0 Å². The van der Waals surface area contributed by atoms with E-state index in [1.807, 2.05) is 25.1 Å². The molecule has 1 fully saturated rings. The molecule has 1 aliphatic rings. The van der Waals surface area contributed by atoms with Crippen molar-refractivity contribution in [2.45, 2.75) is 52.7 Å². The van der Waals surface area contributed by atoms with E-state index in [1.54, 1.807) is 11.8 Å². The summed E-state index contributed by atoms with van der Waals surface area (Å²) >= 11 is 0. The van der Waals surface area contributed by atoms with Crippen molar-refractivity contribution in [1.82, 2.24) is 15.2 Å². The summed E-state index contributed by atoms with van der Waals surface area (Å²) < 4.78 is 0. The second-order valence-electron chi connectivity index (χ2n) is 6.11. The van der Waals surface area contributed by atoms with E-state index >= 15 is 0 Å². The molecule has 5 heteroatoms. The zero-order valence-electron chi connectivity index (χ0n) is 13.1. The maximum Gasteiger partial charge on any atom is 0.245 e. The standard InChI is InChI=1S/C16H23N3O2/c1-10(2)8-14-15(20)18-12(4)16(21)19(14)9-13-7-5-6-11(3)17-13/h5-7,10,12,14H,8-9H2,1-4H3,(H,18,20). The fraction of sp³-hybridized carbons (Fsp3) is 0.562. The van der Waals surface area contributed by atoms with Gasteiger partial charge in [-0.2, -0.15) is 0 Å². The second-order valence-corrected chi connectivity index (χ2v) is 6.11. The lowest BCUT2D eigenvalue weighted by molar-refractivity contribution is -0.150. The van der Waals surface area contributed by atoms with Gasteiger partial charge >= 0.3 is 0 Å². The van der Waals surface area contributed by atoms with Gasteiger partial charge in [-0.3, -0.25) is 14.6 Å². The van der Waals surface area contributed by atoms with Gasteiger partial charge in [0.2, 0.25) is 11.8 Å². The maximum absolute atomic E-state index is 12.4. The van der Waals surface area contributed by atoms with Gasteiger partial charge in [0, 0.05) is 5.69 Å². The Morgan fingerprint density at radius 3 is 2.67 bits per heavy atom. The van der Waals surface area contributed by atoms with Crippen molar-refractivity contribution in [3.63, 3.8) is 0 Å². The third-order valence-corrected chi connectivity index (χ3v) is 3.66. The number of aromatic nitrogens is 1. The van der Waals surface area contributed by atoms with Gasteiger partial charge in [0.05, 0.1) is 12.2 Å². The molecule has 0 saturated carbocycles. The van der Waals surface area contributed by atoms with Crippen LogP contribution in [-0.4, -0.2) is 33.8 Å². The summed E-state index contributed by atoms with van der Waals surface area (Å²) in [4.78, 5) is 30.8. The fourth-order valence-electron chi connectivity index (χ4n) is 2.65. The molecular formula is C16H23N3O2. The molecule has 21 heavy (non-hydrogen) atoms. The molecule has 2 atom stereocenters. The largest absolute Gasteiger partial charge is 0.343 e. The molecule has 1 aromatic rings. The van der Waals surface area contributed by atoms with E-state index in [4.69, 9.17) is 0 Å². The van der Waals surface area contributed by atoms with E-state index in [2.05, 4.69) is 24.1 Å². The Morgan fingerprint density at radius 2 is 2.05 bits per heavy atom. The number of carbonyl (C=O) groups excluding carboxylic acids is 2. The number of pyridine rings is 1. The highest BCUT2D eigenvalue weighted by Gasteiger charge is 2.38. The molecule has 5 nitrogen and oxygen atoms in total. The number of amides is 2. The minimum absolute atomic E-state index is 0.0384. The van der Waals surface area contributed by atoms with E-state index in [0.29, 0.717) is 18.9 Å². The number of nitrogens with one attached hydrogen (secondary N) is 1. The van der Waals surface area contributed by atoms with Crippen molar-refractivity contribution in [3.05, 3.63) is 29.6 Å². The van der Waals surface area contributed by atoms with E-state index in [-0.39, 0.29) is 11.8 Å². The van der Waals surface area contributed by atoms with Crippen LogP contribution < -0.4 is 5.32 Å². The van der Waals surface area contributed by atoms with E-state index in [1.165, 1.54) is 0 Å². The molecule has 1 saturated heterocycles. The molecule has 1 aromatic heterocycles. The molecule has 2 amide bonds. The number of carbonyl (C=O) groups is 2. The van der Waals surface area contributed by atoms with E-state index in [0.717, 1.165) is 11.4 Å². The lowest BCUT2D eigenvalue weighted by Gasteiger charge is -2.38. The van der Waals surface area contributed by atoms with Crippen molar-refractivity contribution in [2.24, 2.45) is 5.92 Å². The van der Waals surface area contributed by atoms with Crippen LogP contribution in [0.15, 0.2) is 18.2 Å². The van der Waals surface area contributed by atoms with Gasteiger partial charge in [-0.05, 0) is 38.3 Å². The van der Waals surface area contributed by atoms with Crippen LogP contribution in [0.1, 0.15) is 38.6 Å². The molecule has 0 bridgehead atoms. The summed E-state index contributed by atoms with van der Waals surface area (Å²) in [6, 6.07) is 4.86. The number of hydrogen-bond acceptors (Lipinski definition) is 3. The minimum Gasteiger partial charge on any atom is -0.343 e. The van der Waals surface area contributed by atoms with Crippen LogP contribution in [0.5, 0.6) is 0 Å². The van der Waals surface area contributed by atoms with Crippen LogP contribution >= 0.6 is 0 Å². The average Bonchev–Trinajstić information content (AvgIpc) is 2.40. The molecule has 0 aliphatic carbocycles. The molecule has 0 spiro atoms. The predicted molar refractivity (Wildman–Crippen MR) is 80.4 cm³/mol. The van der Waals surface area contributed by atoms with Crippen LogP contribution in [0.2, 0.25) is 0 Å². The monoisotopic (exact) mass is 289 g/mol. The number of rotatable bonds is 4. The second kappa shape index (κ2) is 6.24.